The van der Waals surface area contributed by atoms with Gasteiger partial charge in [0.05, 0.1) is 0 Å². The van der Waals surface area contributed by atoms with Gasteiger partial charge in [-0.2, -0.15) is 0 Å². The normalized spacial score (nSPS) is 17.4. The van der Waals surface area contributed by atoms with Gasteiger partial charge in [0.25, 0.3) is 0 Å². The minimum absolute atomic E-state index is 0.0566. The average molecular weight is 268 g/mol. The predicted octanol–water partition coefficient (Wildman–Crippen LogP) is 2.24. The molecule has 0 unspecified atom stereocenters. The second kappa shape index (κ2) is 5.65. The number of halogens is 2. The SMILES string of the molecule is NC1(CC(=O)NCc2ccc(F)cc2F)CCCC1. The van der Waals surface area contributed by atoms with E-state index in [4.69, 9.17) is 5.73 Å². The van der Waals surface area contributed by atoms with Gasteiger partial charge in [0.2, 0.25) is 5.91 Å². The Balaban J connectivity index is 1.86. The lowest BCUT2D eigenvalue weighted by molar-refractivity contribution is -0.122. The number of nitrogens with two attached hydrogens (primary N) is 1. The van der Waals surface area contributed by atoms with Crippen LogP contribution in [0.4, 0.5) is 8.78 Å². The summed E-state index contributed by atoms with van der Waals surface area (Å²) in [6.07, 6.45) is 4.07. The Morgan fingerprint density at radius 3 is 2.63 bits per heavy atom. The maximum absolute atomic E-state index is 13.4. The van der Waals surface area contributed by atoms with Gasteiger partial charge in [-0.3, -0.25) is 4.79 Å². The highest BCUT2D eigenvalue weighted by Crippen LogP contribution is 2.29. The smallest absolute Gasteiger partial charge is 0.222 e. The van der Waals surface area contributed by atoms with E-state index >= 15 is 0 Å². The number of amides is 1. The van der Waals surface area contributed by atoms with Crippen molar-refractivity contribution in [3.8, 4) is 0 Å². The molecule has 3 nitrogen and oxygen atoms in total. The summed E-state index contributed by atoms with van der Waals surface area (Å²) in [7, 11) is 0. The molecule has 1 aromatic carbocycles. The first kappa shape index (κ1) is 13.9. The van der Waals surface area contributed by atoms with Crippen LogP contribution in [0.2, 0.25) is 0 Å². The van der Waals surface area contributed by atoms with Crippen LogP contribution in [0.15, 0.2) is 18.2 Å². The minimum Gasteiger partial charge on any atom is -0.352 e. The first-order valence-corrected chi connectivity index (χ1v) is 6.48. The summed E-state index contributed by atoms with van der Waals surface area (Å²) in [6.45, 7) is 0.0566. The molecule has 0 saturated heterocycles. The Hall–Kier alpha value is -1.49. The lowest BCUT2D eigenvalue weighted by Crippen LogP contribution is -2.42. The molecule has 0 spiro atoms. The van der Waals surface area contributed by atoms with Gasteiger partial charge in [0.15, 0.2) is 0 Å². The van der Waals surface area contributed by atoms with Crippen LogP contribution in [0.1, 0.15) is 37.7 Å². The molecular weight excluding hydrogens is 250 g/mol. The fourth-order valence-electron chi connectivity index (χ4n) is 2.50. The monoisotopic (exact) mass is 268 g/mol. The molecule has 5 heteroatoms. The van der Waals surface area contributed by atoms with E-state index in [0.717, 1.165) is 31.7 Å². The van der Waals surface area contributed by atoms with Gasteiger partial charge in [-0.05, 0) is 18.9 Å². The highest BCUT2D eigenvalue weighted by atomic mass is 19.1. The molecule has 0 radical (unpaired) electrons. The van der Waals surface area contributed by atoms with Crippen LogP contribution < -0.4 is 11.1 Å². The molecule has 104 valence electrons. The van der Waals surface area contributed by atoms with Crippen molar-refractivity contribution < 1.29 is 13.6 Å². The number of benzene rings is 1. The summed E-state index contributed by atoms with van der Waals surface area (Å²) in [5.41, 5.74) is 5.95. The number of hydrogen-bond donors (Lipinski definition) is 2. The number of carbonyl (C=O) groups excluding carboxylic acids is 1. The van der Waals surface area contributed by atoms with E-state index in [2.05, 4.69) is 5.32 Å². The molecule has 0 bridgehead atoms. The van der Waals surface area contributed by atoms with Gasteiger partial charge < -0.3 is 11.1 Å². The molecule has 1 aliphatic rings. The van der Waals surface area contributed by atoms with Crippen molar-refractivity contribution in [1.82, 2.24) is 5.32 Å². The molecule has 19 heavy (non-hydrogen) atoms. The van der Waals surface area contributed by atoms with E-state index in [-0.39, 0.29) is 24.4 Å². The van der Waals surface area contributed by atoms with E-state index in [1.165, 1.54) is 12.1 Å². The Labute approximate surface area is 111 Å². The molecule has 0 atom stereocenters. The summed E-state index contributed by atoms with van der Waals surface area (Å²) in [4.78, 5) is 11.8. The molecule has 1 fully saturated rings. The van der Waals surface area contributed by atoms with E-state index in [1.807, 2.05) is 0 Å². The van der Waals surface area contributed by atoms with E-state index < -0.39 is 17.2 Å². The molecule has 1 saturated carbocycles. The highest BCUT2D eigenvalue weighted by Gasteiger charge is 2.31. The van der Waals surface area contributed by atoms with Gasteiger partial charge in [0.1, 0.15) is 11.6 Å². The van der Waals surface area contributed by atoms with E-state index in [9.17, 15) is 13.6 Å². The molecule has 1 aliphatic carbocycles. The number of rotatable bonds is 4. The molecule has 0 aromatic heterocycles. The van der Waals surface area contributed by atoms with Crippen molar-refractivity contribution in [3.63, 3.8) is 0 Å². The van der Waals surface area contributed by atoms with Crippen molar-refractivity contribution in [3.05, 3.63) is 35.4 Å². The summed E-state index contributed by atoms with van der Waals surface area (Å²) in [5.74, 6) is -1.46. The van der Waals surface area contributed by atoms with Crippen LogP contribution in [0, 0.1) is 11.6 Å². The van der Waals surface area contributed by atoms with Crippen LogP contribution in [0.3, 0.4) is 0 Å². The fourth-order valence-corrected chi connectivity index (χ4v) is 2.50. The third-order valence-electron chi connectivity index (χ3n) is 3.60. The maximum Gasteiger partial charge on any atom is 0.222 e. The zero-order chi connectivity index (χ0) is 13.9. The fraction of sp³-hybridized carbons (Fsp3) is 0.500. The predicted molar refractivity (Wildman–Crippen MR) is 68.2 cm³/mol. The number of hydrogen-bond acceptors (Lipinski definition) is 2. The quantitative estimate of drug-likeness (QED) is 0.880. The lowest BCUT2D eigenvalue weighted by Gasteiger charge is -2.22. The third kappa shape index (κ3) is 3.73. The third-order valence-corrected chi connectivity index (χ3v) is 3.60. The Morgan fingerprint density at radius 2 is 2.00 bits per heavy atom. The molecular formula is C14H18F2N2O. The molecule has 0 aliphatic heterocycles. The van der Waals surface area contributed by atoms with Crippen molar-refractivity contribution in [1.29, 1.82) is 0 Å². The average Bonchev–Trinajstić information content (AvgIpc) is 2.74. The van der Waals surface area contributed by atoms with E-state index in [0.29, 0.717) is 0 Å². The van der Waals surface area contributed by atoms with Gasteiger partial charge >= 0.3 is 0 Å². The van der Waals surface area contributed by atoms with Crippen LogP contribution >= 0.6 is 0 Å². The van der Waals surface area contributed by atoms with Crippen LogP contribution in [0.25, 0.3) is 0 Å². The summed E-state index contributed by atoms with van der Waals surface area (Å²) in [5, 5.41) is 2.63. The zero-order valence-electron chi connectivity index (χ0n) is 10.7. The van der Waals surface area contributed by atoms with Gasteiger partial charge in [-0.1, -0.05) is 18.9 Å². The van der Waals surface area contributed by atoms with Crippen LogP contribution in [-0.2, 0) is 11.3 Å². The van der Waals surface area contributed by atoms with Crippen molar-refractivity contribution in [2.45, 2.75) is 44.2 Å². The number of nitrogens with one attached hydrogen (secondary N) is 1. The second-order valence-corrected chi connectivity index (χ2v) is 5.26. The van der Waals surface area contributed by atoms with Gasteiger partial charge in [-0.15, -0.1) is 0 Å². The lowest BCUT2D eigenvalue weighted by atomic mass is 9.94. The number of carbonyl (C=O) groups is 1. The molecule has 2 rings (SSSR count). The van der Waals surface area contributed by atoms with Gasteiger partial charge in [0, 0.05) is 30.1 Å². The van der Waals surface area contributed by atoms with Gasteiger partial charge in [-0.25, -0.2) is 8.78 Å². The Bertz CT molecular complexity index is 471. The molecule has 3 N–H and O–H groups in total. The molecule has 0 heterocycles. The maximum atomic E-state index is 13.4. The topological polar surface area (TPSA) is 55.1 Å². The summed E-state index contributed by atoms with van der Waals surface area (Å²) >= 11 is 0. The standard InChI is InChI=1S/C14H18F2N2O/c15-11-4-3-10(12(16)7-11)9-18-13(19)8-14(17)5-1-2-6-14/h3-4,7H,1-2,5-6,8-9,17H2,(H,18,19). The minimum atomic E-state index is -0.649. The first-order valence-electron chi connectivity index (χ1n) is 6.48. The van der Waals surface area contributed by atoms with Crippen LogP contribution in [0.5, 0.6) is 0 Å². The Kier molecular flexibility index (Phi) is 4.14. The molecule has 1 aromatic rings. The van der Waals surface area contributed by atoms with Crippen molar-refractivity contribution in [2.24, 2.45) is 5.73 Å². The van der Waals surface area contributed by atoms with E-state index in [1.54, 1.807) is 0 Å². The van der Waals surface area contributed by atoms with Crippen molar-refractivity contribution >= 4 is 5.91 Å². The zero-order valence-corrected chi connectivity index (χ0v) is 10.7. The van der Waals surface area contributed by atoms with Crippen molar-refractivity contribution in [2.75, 3.05) is 0 Å². The summed E-state index contributed by atoms with van der Waals surface area (Å²) in [6, 6.07) is 3.31. The summed E-state index contributed by atoms with van der Waals surface area (Å²) < 4.78 is 26.1. The van der Waals surface area contributed by atoms with Crippen LogP contribution in [-0.4, -0.2) is 11.4 Å². The Morgan fingerprint density at radius 1 is 1.32 bits per heavy atom. The molecule has 1 amide bonds. The largest absolute Gasteiger partial charge is 0.352 e. The highest BCUT2D eigenvalue weighted by molar-refractivity contribution is 5.77. The first-order chi connectivity index (χ1) is 8.98. The second-order valence-electron chi connectivity index (χ2n) is 5.26.